The Hall–Kier alpha value is -4.69. The molecule has 8 aliphatic rings. The average Bonchev–Trinajstić information content (AvgIpc) is 3.99. The summed E-state index contributed by atoms with van der Waals surface area (Å²) < 4.78 is 14.3. The molecule has 9 unspecified atom stereocenters. The SMILES string of the molecule is CC(C)(C)OC(=O)C1CC2C=CC1C2.O=C(O)C1CC2C=CC1C2.O=C(OCCO)C1CC2C=CC1C2.O=C1C=CC(=O)N1CCO.O=C1C=CC(=O)O1. The summed E-state index contributed by atoms with van der Waals surface area (Å²) >= 11 is 0. The number of fused-ring (bicyclic) bond motifs is 6. The van der Waals surface area contributed by atoms with Crippen molar-refractivity contribution in [2.75, 3.05) is 26.4 Å². The summed E-state index contributed by atoms with van der Waals surface area (Å²) in [5, 5.41) is 25.6. The number of carbonyl (C=O) groups is 7. The Kier molecular flexibility index (Phi) is 14.8. The van der Waals surface area contributed by atoms with E-state index in [0.29, 0.717) is 35.5 Å². The molecule has 0 radical (unpaired) electrons. The lowest BCUT2D eigenvalue weighted by Gasteiger charge is -2.24. The first-order valence-corrected chi connectivity index (χ1v) is 18.4. The number of carboxylic acids is 1. The highest BCUT2D eigenvalue weighted by Gasteiger charge is 2.42. The molecule has 14 heteroatoms. The van der Waals surface area contributed by atoms with Gasteiger partial charge in [0.15, 0.2) is 0 Å². The van der Waals surface area contributed by atoms with Gasteiger partial charge in [-0.3, -0.25) is 28.9 Å². The Balaban J connectivity index is 0.000000153. The number of cyclic esters (lactones) is 2. The minimum absolute atomic E-state index is 0.00523. The highest BCUT2D eigenvalue weighted by Crippen LogP contribution is 2.45. The van der Waals surface area contributed by atoms with Crippen LogP contribution in [0.15, 0.2) is 60.8 Å². The number of β-amino-alcohol motifs (C(OH)–C–C–N with tert-alkyl or cyclic N) is 1. The molecule has 0 saturated heterocycles. The molecule has 294 valence electrons. The van der Waals surface area contributed by atoms with Crippen LogP contribution in [-0.2, 0) is 47.8 Å². The molecule has 0 aromatic heterocycles. The number of carboxylic acid groups (broad SMARTS) is 1. The topological polar surface area (TPSA) is 211 Å². The van der Waals surface area contributed by atoms with Gasteiger partial charge in [0.2, 0.25) is 0 Å². The van der Waals surface area contributed by atoms with Crippen molar-refractivity contribution in [3.05, 3.63) is 60.8 Å². The Morgan fingerprint density at radius 2 is 1.11 bits per heavy atom. The molecule has 0 spiro atoms. The Morgan fingerprint density at radius 1 is 0.667 bits per heavy atom. The molecule has 3 N–H and O–H groups in total. The largest absolute Gasteiger partial charge is 0.481 e. The molecule has 8 rings (SSSR count). The molecule has 0 aromatic rings. The van der Waals surface area contributed by atoms with Gasteiger partial charge in [-0.1, -0.05) is 36.5 Å². The fraction of sp³-hybridized carbons (Fsp3) is 0.575. The van der Waals surface area contributed by atoms with Crippen molar-refractivity contribution in [2.24, 2.45) is 53.3 Å². The van der Waals surface area contributed by atoms with Crippen molar-refractivity contribution >= 4 is 41.7 Å². The van der Waals surface area contributed by atoms with Crippen LogP contribution in [0.4, 0.5) is 0 Å². The highest BCUT2D eigenvalue weighted by atomic mass is 16.6. The number of hydrogen-bond acceptors (Lipinski definition) is 12. The number of aliphatic hydroxyl groups excluding tert-OH is 2. The summed E-state index contributed by atoms with van der Waals surface area (Å²) in [6.07, 6.45) is 23.7. The van der Waals surface area contributed by atoms with Gasteiger partial charge in [0.05, 0.1) is 37.5 Å². The predicted octanol–water partition coefficient (Wildman–Crippen LogP) is 3.09. The molecule has 6 bridgehead atoms. The van der Waals surface area contributed by atoms with Crippen LogP contribution < -0.4 is 0 Å². The average molecular weight is 754 g/mol. The lowest BCUT2D eigenvalue weighted by atomic mass is 9.93. The van der Waals surface area contributed by atoms with Gasteiger partial charge in [-0.05, 0) is 94.8 Å². The Labute approximate surface area is 314 Å². The van der Waals surface area contributed by atoms with Crippen LogP contribution in [0.2, 0.25) is 0 Å². The second kappa shape index (κ2) is 19.1. The first-order valence-electron chi connectivity index (χ1n) is 18.4. The molecule has 2 aliphatic heterocycles. The van der Waals surface area contributed by atoms with E-state index < -0.39 is 17.9 Å². The number of allylic oxidation sites excluding steroid dienone is 6. The van der Waals surface area contributed by atoms with E-state index in [2.05, 4.69) is 41.2 Å². The molecular formula is C40H51NO13. The number of aliphatic hydroxyl groups is 2. The number of nitrogens with zero attached hydrogens (tertiary/aromatic N) is 1. The zero-order valence-electron chi connectivity index (χ0n) is 30.9. The second-order valence-electron chi connectivity index (χ2n) is 15.4. The number of hydrogen-bond donors (Lipinski definition) is 3. The maximum Gasteiger partial charge on any atom is 0.338 e. The molecular weight excluding hydrogens is 702 g/mol. The zero-order valence-corrected chi connectivity index (χ0v) is 30.9. The third-order valence-electron chi connectivity index (χ3n) is 10.3. The number of carbonyl (C=O) groups excluding carboxylic acids is 6. The van der Waals surface area contributed by atoms with Gasteiger partial charge in [-0.2, -0.15) is 0 Å². The van der Waals surface area contributed by atoms with Gasteiger partial charge in [-0.25, -0.2) is 9.59 Å². The third-order valence-corrected chi connectivity index (χ3v) is 10.3. The maximum absolute atomic E-state index is 11.8. The lowest BCUT2D eigenvalue weighted by molar-refractivity contribution is -0.161. The van der Waals surface area contributed by atoms with Crippen molar-refractivity contribution in [2.45, 2.75) is 64.9 Å². The molecule has 3 fully saturated rings. The number of rotatable bonds is 7. The summed E-state index contributed by atoms with van der Waals surface area (Å²) in [6.45, 7) is 5.73. The minimum atomic E-state index is -0.614. The molecule has 2 heterocycles. The Bertz CT molecular complexity index is 1550. The van der Waals surface area contributed by atoms with Gasteiger partial charge in [0.25, 0.3) is 11.8 Å². The number of ether oxygens (including phenoxy) is 3. The van der Waals surface area contributed by atoms with Crippen LogP contribution in [0, 0.1) is 53.3 Å². The summed E-state index contributed by atoms with van der Waals surface area (Å²) in [5.74, 6) is 0.514. The number of esters is 4. The molecule has 3 saturated carbocycles. The minimum Gasteiger partial charge on any atom is -0.481 e. The summed E-state index contributed by atoms with van der Waals surface area (Å²) in [4.78, 5) is 76.0. The van der Waals surface area contributed by atoms with E-state index in [0.717, 1.165) is 55.6 Å². The summed E-state index contributed by atoms with van der Waals surface area (Å²) in [7, 11) is 0. The van der Waals surface area contributed by atoms with Crippen molar-refractivity contribution in [3.8, 4) is 0 Å². The first-order chi connectivity index (χ1) is 25.6. The second-order valence-corrected chi connectivity index (χ2v) is 15.4. The van der Waals surface area contributed by atoms with E-state index in [-0.39, 0.29) is 73.5 Å². The van der Waals surface area contributed by atoms with Crippen LogP contribution in [0.25, 0.3) is 0 Å². The molecule has 54 heavy (non-hydrogen) atoms. The van der Waals surface area contributed by atoms with E-state index in [1.54, 1.807) is 0 Å². The van der Waals surface area contributed by atoms with Crippen LogP contribution in [-0.4, -0.2) is 93.8 Å². The van der Waals surface area contributed by atoms with Crippen LogP contribution in [0.5, 0.6) is 0 Å². The summed E-state index contributed by atoms with van der Waals surface area (Å²) in [5.41, 5.74) is -0.345. The van der Waals surface area contributed by atoms with E-state index in [4.69, 9.17) is 24.8 Å². The van der Waals surface area contributed by atoms with E-state index in [9.17, 15) is 33.6 Å². The zero-order chi connectivity index (χ0) is 39.6. The number of imide groups is 1. The number of aliphatic carboxylic acids is 1. The predicted molar refractivity (Wildman–Crippen MR) is 191 cm³/mol. The fourth-order valence-electron chi connectivity index (χ4n) is 7.85. The van der Waals surface area contributed by atoms with Gasteiger partial charge in [-0.15, -0.1) is 0 Å². The standard InChI is InChI=1S/C12H18O2.C10H14O3.C8H10O2.C6H7NO3.C4H2O3/c1-12(2,3)14-11(13)10-7-8-4-5-9(10)6-8;11-3-4-13-10(12)9-6-7-1-2-8(9)5-7;9-8(10)7-4-5-1-2-6(7)3-5;8-4-3-7-5(9)1-2-6(7)10;5-3-1-2-4(6)7-3/h4-5,8-10H,6-7H2,1-3H3;1-2,7-9,11H,3-6H2;1-2,5-7H,3-4H2,(H,9,10);1-2,8H,3-4H2;1-2H. The van der Waals surface area contributed by atoms with E-state index in [1.165, 1.54) is 12.2 Å². The number of amides is 2. The van der Waals surface area contributed by atoms with Crippen molar-refractivity contribution in [1.29, 1.82) is 0 Å². The van der Waals surface area contributed by atoms with E-state index in [1.807, 2.05) is 20.8 Å². The van der Waals surface area contributed by atoms with Crippen molar-refractivity contribution in [3.63, 3.8) is 0 Å². The van der Waals surface area contributed by atoms with Crippen LogP contribution >= 0.6 is 0 Å². The van der Waals surface area contributed by atoms with Crippen molar-refractivity contribution < 1.29 is 63.1 Å². The smallest absolute Gasteiger partial charge is 0.338 e. The molecule has 6 aliphatic carbocycles. The van der Waals surface area contributed by atoms with E-state index >= 15 is 0 Å². The van der Waals surface area contributed by atoms with Crippen LogP contribution in [0.1, 0.15) is 59.3 Å². The molecule has 2 amide bonds. The molecule has 14 nitrogen and oxygen atoms in total. The lowest BCUT2D eigenvalue weighted by Crippen LogP contribution is -2.32. The van der Waals surface area contributed by atoms with Crippen molar-refractivity contribution in [1.82, 2.24) is 4.90 Å². The van der Waals surface area contributed by atoms with Gasteiger partial charge in [0, 0.05) is 24.3 Å². The maximum atomic E-state index is 11.8. The quantitative estimate of drug-likeness (QED) is 0.112. The van der Waals surface area contributed by atoms with Crippen LogP contribution in [0.3, 0.4) is 0 Å². The normalized spacial score (nSPS) is 30.9. The monoisotopic (exact) mass is 753 g/mol. The third kappa shape index (κ3) is 11.9. The first kappa shape index (κ1) is 42.1. The highest BCUT2D eigenvalue weighted by molar-refractivity contribution is 6.12. The fourth-order valence-corrected chi connectivity index (χ4v) is 7.85. The molecule has 9 atom stereocenters. The van der Waals surface area contributed by atoms with Gasteiger partial charge in [0.1, 0.15) is 12.2 Å². The molecule has 0 aromatic carbocycles. The van der Waals surface area contributed by atoms with Gasteiger partial charge >= 0.3 is 29.8 Å². The van der Waals surface area contributed by atoms with Gasteiger partial charge < -0.3 is 29.5 Å². The Morgan fingerprint density at radius 3 is 1.41 bits per heavy atom. The summed E-state index contributed by atoms with van der Waals surface area (Å²) in [6, 6.07) is 0.